The van der Waals surface area contributed by atoms with Crippen LogP contribution in [-0.2, 0) is 11.3 Å². The molecule has 1 aliphatic heterocycles. The number of carbonyl (C=O) groups excluding carboxylic acids is 1. The molecule has 2 aromatic carbocycles. The normalized spacial score (nSPS) is 15.2. The van der Waals surface area contributed by atoms with Gasteiger partial charge in [-0.25, -0.2) is 4.98 Å². The molecule has 1 fully saturated rings. The number of rotatable bonds is 6. The number of aryl methyl sites for hydroxylation is 1. The molecule has 156 valence electrons. The van der Waals surface area contributed by atoms with E-state index >= 15 is 0 Å². The van der Waals surface area contributed by atoms with E-state index in [1.165, 1.54) is 35.8 Å². The summed E-state index contributed by atoms with van der Waals surface area (Å²) in [7, 11) is 0. The Hall–Kier alpha value is -3.15. The van der Waals surface area contributed by atoms with E-state index in [4.69, 9.17) is 0 Å². The molecule has 0 saturated carbocycles. The van der Waals surface area contributed by atoms with Crippen molar-refractivity contribution in [2.45, 2.75) is 45.2 Å². The molecule has 0 aliphatic carbocycles. The molecule has 6 nitrogen and oxygen atoms in total. The fraction of sp³-hybridized carbons (Fsp3) is 0.375. The molecule has 6 heteroatoms. The monoisotopic (exact) mass is 404 g/mol. The van der Waals surface area contributed by atoms with Crippen molar-refractivity contribution in [2.75, 3.05) is 18.0 Å². The zero-order valence-corrected chi connectivity index (χ0v) is 17.4. The van der Waals surface area contributed by atoms with Crippen molar-refractivity contribution >= 4 is 22.5 Å². The van der Waals surface area contributed by atoms with Crippen LogP contribution in [0, 0.1) is 0 Å². The summed E-state index contributed by atoms with van der Waals surface area (Å²) in [5.74, 6) is -0.0809. The molecule has 3 aromatic rings. The highest BCUT2D eigenvalue weighted by Gasteiger charge is 2.13. The molecule has 30 heavy (non-hydrogen) atoms. The Kier molecular flexibility index (Phi) is 6.12. The molecular formula is C24H28N4O2. The van der Waals surface area contributed by atoms with Crippen LogP contribution in [0.5, 0.6) is 0 Å². The Morgan fingerprint density at radius 2 is 1.80 bits per heavy atom. The van der Waals surface area contributed by atoms with Crippen molar-refractivity contribution in [1.29, 1.82) is 0 Å². The van der Waals surface area contributed by atoms with Crippen molar-refractivity contribution in [1.82, 2.24) is 14.9 Å². The van der Waals surface area contributed by atoms with Crippen molar-refractivity contribution in [2.24, 2.45) is 0 Å². The Labute approximate surface area is 176 Å². The van der Waals surface area contributed by atoms with E-state index in [1.807, 2.05) is 25.1 Å². The van der Waals surface area contributed by atoms with E-state index < -0.39 is 0 Å². The number of piperidine rings is 1. The van der Waals surface area contributed by atoms with Crippen LogP contribution in [0.2, 0.25) is 0 Å². The lowest BCUT2D eigenvalue weighted by atomic mass is 10.1. The van der Waals surface area contributed by atoms with Crippen molar-refractivity contribution in [3.63, 3.8) is 0 Å². The lowest BCUT2D eigenvalue weighted by Crippen LogP contribution is -2.30. The van der Waals surface area contributed by atoms with Gasteiger partial charge in [0.25, 0.3) is 5.56 Å². The summed E-state index contributed by atoms with van der Waals surface area (Å²) in [4.78, 5) is 31.7. The second-order valence-corrected chi connectivity index (χ2v) is 7.94. The lowest BCUT2D eigenvalue weighted by molar-refractivity contribution is -0.121. The zero-order chi connectivity index (χ0) is 20.9. The van der Waals surface area contributed by atoms with Gasteiger partial charge in [0.2, 0.25) is 5.91 Å². The van der Waals surface area contributed by atoms with Gasteiger partial charge in [-0.05, 0) is 56.0 Å². The van der Waals surface area contributed by atoms with Crippen LogP contribution in [0.15, 0.2) is 59.7 Å². The molecule has 2 heterocycles. The number of carbonyl (C=O) groups is 1. The number of nitrogens with one attached hydrogen (secondary N) is 1. The van der Waals surface area contributed by atoms with Crippen molar-refractivity contribution < 1.29 is 4.79 Å². The summed E-state index contributed by atoms with van der Waals surface area (Å²) in [6.45, 7) is 4.53. The molecule has 1 aliphatic rings. The largest absolute Gasteiger partial charge is 0.372 e. The van der Waals surface area contributed by atoms with Crippen LogP contribution < -0.4 is 15.8 Å². The van der Waals surface area contributed by atoms with Gasteiger partial charge in [-0.3, -0.25) is 14.2 Å². The average Bonchev–Trinajstić information content (AvgIpc) is 2.79. The maximum Gasteiger partial charge on any atom is 0.261 e. The number of aromatic nitrogens is 2. The predicted octanol–water partition coefficient (Wildman–Crippen LogP) is 3.65. The van der Waals surface area contributed by atoms with Crippen molar-refractivity contribution in [3.05, 3.63) is 70.8 Å². The van der Waals surface area contributed by atoms with E-state index in [-0.39, 0.29) is 23.9 Å². The standard InChI is InChI=1S/C24H28N4O2/c1-18(19-9-11-20(12-10-19)27-14-5-2-6-15-27)26-23(29)13-16-28-17-25-22-8-4-3-7-21(22)24(28)30/h3-4,7-12,17-18H,2,5-6,13-16H2,1H3,(H,26,29). The first-order valence-electron chi connectivity index (χ1n) is 10.7. The Morgan fingerprint density at radius 3 is 2.57 bits per heavy atom. The number of hydrogen-bond acceptors (Lipinski definition) is 4. The van der Waals surface area contributed by atoms with Crippen LogP contribution in [0.1, 0.15) is 44.2 Å². The number of para-hydroxylation sites is 1. The first-order valence-corrected chi connectivity index (χ1v) is 10.7. The summed E-state index contributed by atoms with van der Waals surface area (Å²) in [5, 5.41) is 3.61. The predicted molar refractivity (Wildman–Crippen MR) is 120 cm³/mol. The van der Waals surface area contributed by atoms with Gasteiger partial charge < -0.3 is 10.2 Å². The van der Waals surface area contributed by atoms with Gasteiger partial charge in [-0.2, -0.15) is 0 Å². The molecule has 1 atom stereocenters. The highest BCUT2D eigenvalue weighted by Crippen LogP contribution is 2.22. The smallest absolute Gasteiger partial charge is 0.261 e. The molecule has 0 spiro atoms. The second kappa shape index (κ2) is 9.11. The minimum Gasteiger partial charge on any atom is -0.372 e. The molecule has 1 unspecified atom stereocenters. The Morgan fingerprint density at radius 1 is 1.07 bits per heavy atom. The number of nitrogens with zero attached hydrogens (tertiary/aromatic N) is 3. The number of amides is 1. The van der Waals surface area contributed by atoms with Crippen LogP contribution in [0.25, 0.3) is 10.9 Å². The summed E-state index contributed by atoms with van der Waals surface area (Å²) < 4.78 is 1.50. The minimum absolute atomic E-state index is 0.0809. The first kappa shape index (κ1) is 20.1. The summed E-state index contributed by atoms with van der Waals surface area (Å²) >= 11 is 0. The van der Waals surface area contributed by atoms with Gasteiger partial charge in [0, 0.05) is 31.7 Å². The molecule has 1 aromatic heterocycles. The van der Waals surface area contributed by atoms with Crippen LogP contribution in [-0.4, -0.2) is 28.5 Å². The molecule has 4 rings (SSSR count). The van der Waals surface area contributed by atoms with Crippen molar-refractivity contribution in [3.8, 4) is 0 Å². The van der Waals surface area contributed by atoms with E-state index in [1.54, 1.807) is 6.07 Å². The quantitative estimate of drug-likeness (QED) is 0.681. The van der Waals surface area contributed by atoms with Gasteiger partial charge in [0.1, 0.15) is 0 Å². The van der Waals surface area contributed by atoms with Crippen LogP contribution in [0.4, 0.5) is 5.69 Å². The third kappa shape index (κ3) is 4.53. The fourth-order valence-electron chi connectivity index (χ4n) is 4.01. The van der Waals surface area contributed by atoms with E-state index in [9.17, 15) is 9.59 Å². The molecule has 1 saturated heterocycles. The molecule has 1 N–H and O–H groups in total. The van der Waals surface area contributed by atoms with E-state index in [0.717, 1.165) is 18.7 Å². The topological polar surface area (TPSA) is 67.2 Å². The third-order valence-electron chi connectivity index (χ3n) is 5.80. The van der Waals surface area contributed by atoms with Gasteiger partial charge >= 0.3 is 0 Å². The number of anilines is 1. The number of hydrogen-bond donors (Lipinski definition) is 1. The molecule has 0 radical (unpaired) electrons. The van der Waals surface area contributed by atoms with Crippen LogP contribution >= 0.6 is 0 Å². The second-order valence-electron chi connectivity index (χ2n) is 7.94. The first-order chi connectivity index (χ1) is 14.6. The van der Waals surface area contributed by atoms with Crippen LogP contribution in [0.3, 0.4) is 0 Å². The Bertz CT molecular complexity index is 1070. The van der Waals surface area contributed by atoms with E-state index in [2.05, 4.69) is 39.5 Å². The minimum atomic E-state index is -0.116. The maximum atomic E-state index is 12.5. The fourth-order valence-corrected chi connectivity index (χ4v) is 4.01. The summed E-state index contributed by atoms with van der Waals surface area (Å²) in [6, 6.07) is 15.6. The van der Waals surface area contributed by atoms with E-state index in [0.29, 0.717) is 17.4 Å². The summed E-state index contributed by atoms with van der Waals surface area (Å²) in [5.41, 5.74) is 2.88. The Balaban J connectivity index is 1.33. The van der Waals surface area contributed by atoms with Gasteiger partial charge in [0.05, 0.1) is 23.3 Å². The molecular weight excluding hydrogens is 376 g/mol. The summed E-state index contributed by atoms with van der Waals surface area (Å²) in [6.07, 6.45) is 5.57. The zero-order valence-electron chi connectivity index (χ0n) is 17.4. The molecule has 1 amide bonds. The highest BCUT2D eigenvalue weighted by atomic mass is 16.2. The lowest BCUT2D eigenvalue weighted by Gasteiger charge is -2.29. The highest BCUT2D eigenvalue weighted by molar-refractivity contribution is 5.77. The maximum absolute atomic E-state index is 12.5. The number of fused-ring (bicyclic) bond motifs is 1. The van der Waals surface area contributed by atoms with Gasteiger partial charge in [0.15, 0.2) is 0 Å². The van der Waals surface area contributed by atoms with Gasteiger partial charge in [-0.15, -0.1) is 0 Å². The SMILES string of the molecule is CC(NC(=O)CCn1cnc2ccccc2c1=O)c1ccc(N2CCCCC2)cc1. The number of benzene rings is 2. The average molecular weight is 405 g/mol. The molecule has 0 bridgehead atoms. The third-order valence-corrected chi connectivity index (χ3v) is 5.80. The van der Waals surface area contributed by atoms with Gasteiger partial charge in [-0.1, -0.05) is 24.3 Å².